The van der Waals surface area contributed by atoms with Crippen molar-refractivity contribution in [2.24, 2.45) is 0 Å². The van der Waals surface area contributed by atoms with Crippen LogP contribution < -0.4 is 0 Å². The lowest BCUT2D eigenvalue weighted by molar-refractivity contribution is 0.274. The molecule has 0 aromatic rings. The fraction of sp³-hybridized carbons (Fsp3) is 1.00. The molecule has 0 unspecified atom stereocenters. The van der Waals surface area contributed by atoms with E-state index in [0.717, 1.165) is 13.2 Å². The van der Waals surface area contributed by atoms with Crippen LogP contribution in [0.15, 0.2) is 0 Å². The topological polar surface area (TPSA) is 18.5 Å². The fourth-order valence-electron chi connectivity index (χ4n) is 0.401. The largest absolute Gasteiger partial charge is 0.335 e. The van der Waals surface area contributed by atoms with Crippen LogP contribution in [0.3, 0.4) is 0 Å². The summed E-state index contributed by atoms with van der Waals surface area (Å²) in [4.78, 5) is 0. The Labute approximate surface area is 55.1 Å². The molecule has 0 atom stereocenters. The molecule has 54 valence electrons. The Kier molecular flexibility index (Phi) is 5.73. The summed E-state index contributed by atoms with van der Waals surface area (Å²) in [5, 5.41) is 0. The van der Waals surface area contributed by atoms with Gasteiger partial charge in [0.05, 0.1) is 13.2 Å². The van der Waals surface area contributed by atoms with Crippen molar-refractivity contribution in [3.8, 4) is 0 Å². The quantitative estimate of drug-likeness (QED) is 0.558. The van der Waals surface area contributed by atoms with Crippen LogP contribution in [0.25, 0.3) is 0 Å². The molecule has 0 saturated carbocycles. The summed E-state index contributed by atoms with van der Waals surface area (Å²) in [6.07, 6.45) is 0. The maximum Gasteiger partial charge on any atom is 0.167 e. The van der Waals surface area contributed by atoms with Gasteiger partial charge in [0.25, 0.3) is 0 Å². The summed E-state index contributed by atoms with van der Waals surface area (Å²) in [6.45, 7) is 7.41. The van der Waals surface area contributed by atoms with E-state index in [1.54, 1.807) is 0 Å². The summed E-state index contributed by atoms with van der Waals surface area (Å²) in [5.41, 5.74) is 0. The van der Waals surface area contributed by atoms with E-state index >= 15 is 0 Å². The van der Waals surface area contributed by atoms with Crippen molar-refractivity contribution < 1.29 is 11.9 Å². The molecule has 0 saturated heterocycles. The Bertz CT molecular complexity index is 50.9. The minimum absolute atomic E-state index is 0. The third-order valence-electron chi connectivity index (χ3n) is 0.622. The summed E-state index contributed by atoms with van der Waals surface area (Å²) in [5.74, 6) is 0. The first-order valence-electron chi connectivity index (χ1n) is 2.80. The van der Waals surface area contributed by atoms with E-state index in [1.807, 2.05) is 20.5 Å². The van der Waals surface area contributed by atoms with Crippen molar-refractivity contribution in [3.05, 3.63) is 0 Å². The van der Waals surface area contributed by atoms with Gasteiger partial charge in [-0.05, 0) is 13.8 Å². The van der Waals surface area contributed by atoms with Gasteiger partial charge in [-0.2, -0.15) is 0 Å². The molecule has 0 amide bonds. The highest BCUT2D eigenvalue weighted by molar-refractivity contribution is 7.46. The van der Waals surface area contributed by atoms with Crippen LogP contribution in [-0.2, 0) is 9.05 Å². The van der Waals surface area contributed by atoms with Gasteiger partial charge in [-0.1, -0.05) is 0 Å². The molecule has 0 rings (SSSR count). The molecule has 3 heteroatoms. The van der Waals surface area contributed by atoms with E-state index in [-0.39, 0.29) is 2.85 Å². The van der Waals surface area contributed by atoms with E-state index in [9.17, 15) is 0 Å². The normalized spacial score (nSPS) is 10.5. The van der Waals surface area contributed by atoms with Crippen LogP contribution in [0, 0.1) is 0 Å². The van der Waals surface area contributed by atoms with Gasteiger partial charge in [-0.3, -0.25) is 0 Å². The lowest BCUT2D eigenvalue weighted by Gasteiger charge is -2.08. The van der Waals surface area contributed by atoms with E-state index in [2.05, 4.69) is 0 Å². The van der Waals surface area contributed by atoms with Crippen LogP contribution in [0.4, 0.5) is 0 Å². The van der Waals surface area contributed by atoms with Crippen LogP contribution in [-0.4, -0.2) is 19.9 Å². The maximum atomic E-state index is 5.12. The molecule has 0 aromatic heterocycles. The Morgan fingerprint density at radius 2 is 1.62 bits per heavy atom. The summed E-state index contributed by atoms with van der Waals surface area (Å²) in [6, 6.07) is 0. The second-order valence-corrected chi connectivity index (χ2v) is 2.67. The van der Waals surface area contributed by atoms with Crippen LogP contribution in [0.5, 0.6) is 0 Å². The zero-order valence-corrected chi connectivity index (χ0v) is 6.57. The zero-order chi connectivity index (χ0) is 6.41. The molecular formula is C5H17O2P. The van der Waals surface area contributed by atoms with Gasteiger partial charge in [0, 0.05) is 9.52 Å². The first-order chi connectivity index (χ1) is 3.81. The minimum Gasteiger partial charge on any atom is -0.335 e. The number of hydrogen-bond donors (Lipinski definition) is 0. The summed E-state index contributed by atoms with van der Waals surface area (Å²) < 4.78 is 10.2. The lowest BCUT2D eigenvalue weighted by atomic mass is 10.9. The summed E-state index contributed by atoms with van der Waals surface area (Å²) in [7, 11) is -0.581. The highest BCUT2D eigenvalue weighted by atomic mass is 31.2. The standard InChI is InChI=1S/C5H13O2P.2H2/c1-4-6-8(3)7-5-2;;/h4-5H2,1-3H3;2*1H. The van der Waals surface area contributed by atoms with E-state index in [0.29, 0.717) is 0 Å². The molecule has 0 spiro atoms. The van der Waals surface area contributed by atoms with Crippen molar-refractivity contribution in [1.82, 2.24) is 0 Å². The molecule has 2 nitrogen and oxygen atoms in total. The average molecular weight is 140 g/mol. The molecule has 0 heterocycles. The van der Waals surface area contributed by atoms with E-state index in [1.165, 1.54) is 0 Å². The Morgan fingerprint density at radius 1 is 1.25 bits per heavy atom. The minimum atomic E-state index is -0.581. The molecule has 0 aliphatic carbocycles. The van der Waals surface area contributed by atoms with Gasteiger partial charge in [-0.15, -0.1) is 0 Å². The van der Waals surface area contributed by atoms with Crippen molar-refractivity contribution in [2.45, 2.75) is 13.8 Å². The predicted molar refractivity (Wildman–Crippen MR) is 40.3 cm³/mol. The molecular weight excluding hydrogens is 123 g/mol. The van der Waals surface area contributed by atoms with Crippen molar-refractivity contribution in [1.29, 1.82) is 0 Å². The molecule has 0 aromatic carbocycles. The Balaban J connectivity index is -0.000000245. The van der Waals surface area contributed by atoms with Gasteiger partial charge in [0.15, 0.2) is 8.38 Å². The zero-order valence-electron chi connectivity index (χ0n) is 5.68. The molecule has 8 heavy (non-hydrogen) atoms. The fourth-order valence-corrected chi connectivity index (χ4v) is 1.20. The van der Waals surface area contributed by atoms with Crippen molar-refractivity contribution in [3.63, 3.8) is 0 Å². The number of rotatable bonds is 4. The highest BCUT2D eigenvalue weighted by Gasteiger charge is 1.96. The van der Waals surface area contributed by atoms with Gasteiger partial charge >= 0.3 is 0 Å². The average Bonchev–Trinajstić information content (AvgIpc) is 1.68. The Hall–Kier alpha value is 0.350. The molecule has 0 N–H and O–H groups in total. The molecule has 0 bridgehead atoms. The number of hydrogen-bond acceptors (Lipinski definition) is 2. The molecule has 0 radical (unpaired) electrons. The maximum absolute atomic E-state index is 5.12. The van der Waals surface area contributed by atoms with Crippen LogP contribution >= 0.6 is 8.38 Å². The predicted octanol–water partition coefficient (Wildman–Crippen LogP) is 2.49. The summed E-state index contributed by atoms with van der Waals surface area (Å²) >= 11 is 0. The second-order valence-electron chi connectivity index (χ2n) is 1.28. The van der Waals surface area contributed by atoms with Gasteiger partial charge in [0.1, 0.15) is 0 Å². The van der Waals surface area contributed by atoms with Gasteiger partial charge in [0.2, 0.25) is 0 Å². The smallest absolute Gasteiger partial charge is 0.167 e. The SMILES string of the molecule is CCOP(C)OCC.[HH].[HH]. The van der Waals surface area contributed by atoms with E-state index in [4.69, 9.17) is 9.05 Å². The molecule has 0 aliphatic heterocycles. The van der Waals surface area contributed by atoms with Crippen LogP contribution in [0.1, 0.15) is 16.7 Å². The Morgan fingerprint density at radius 3 is 1.88 bits per heavy atom. The third-order valence-corrected chi connectivity index (χ3v) is 1.87. The van der Waals surface area contributed by atoms with Gasteiger partial charge in [-0.25, -0.2) is 0 Å². The highest BCUT2D eigenvalue weighted by Crippen LogP contribution is 2.32. The van der Waals surface area contributed by atoms with Crippen LogP contribution in [0.2, 0.25) is 0 Å². The monoisotopic (exact) mass is 140 g/mol. The first kappa shape index (κ1) is 8.35. The first-order valence-corrected chi connectivity index (χ1v) is 4.43. The van der Waals surface area contributed by atoms with Gasteiger partial charge < -0.3 is 9.05 Å². The lowest BCUT2D eigenvalue weighted by Crippen LogP contribution is -1.87. The second kappa shape index (κ2) is 5.49. The molecule has 0 fully saturated rings. The van der Waals surface area contributed by atoms with Crippen molar-refractivity contribution in [2.75, 3.05) is 19.9 Å². The van der Waals surface area contributed by atoms with E-state index < -0.39 is 8.38 Å². The third kappa shape index (κ3) is 4.51. The van der Waals surface area contributed by atoms with Crippen molar-refractivity contribution >= 4 is 8.38 Å². The molecule has 0 aliphatic rings.